The Hall–Kier alpha value is -1.52. The van der Waals surface area contributed by atoms with Crippen LogP contribution in [0.4, 0.5) is 0 Å². The molecule has 0 aliphatic heterocycles. The fourth-order valence-electron chi connectivity index (χ4n) is 3.03. The highest BCUT2D eigenvalue weighted by atomic mass is 35.5. The van der Waals surface area contributed by atoms with Crippen molar-refractivity contribution in [2.45, 2.75) is 31.2 Å². The molecule has 118 valence electrons. The minimum atomic E-state index is -0.390. The summed E-state index contributed by atoms with van der Waals surface area (Å²) in [7, 11) is 0. The predicted octanol–water partition coefficient (Wildman–Crippen LogP) is 3.62. The van der Waals surface area contributed by atoms with Crippen molar-refractivity contribution in [3.63, 3.8) is 0 Å². The van der Waals surface area contributed by atoms with Gasteiger partial charge in [0.15, 0.2) is 0 Å². The summed E-state index contributed by atoms with van der Waals surface area (Å²) in [6, 6.07) is 10.1. The van der Waals surface area contributed by atoms with Crippen LogP contribution in [0.5, 0.6) is 0 Å². The van der Waals surface area contributed by atoms with Crippen LogP contribution in [0.2, 0.25) is 0 Å². The molecule has 2 N–H and O–H groups in total. The number of nitrogens with one attached hydrogen (secondary N) is 2. The van der Waals surface area contributed by atoms with Crippen molar-refractivity contribution in [3.8, 4) is 11.3 Å². The van der Waals surface area contributed by atoms with E-state index in [1.807, 2.05) is 36.5 Å². The van der Waals surface area contributed by atoms with Crippen molar-refractivity contribution in [1.82, 2.24) is 15.3 Å². The van der Waals surface area contributed by atoms with Gasteiger partial charge in [-0.3, -0.25) is 4.79 Å². The number of alkyl halides is 1. The molecule has 1 fully saturated rings. The third kappa shape index (κ3) is 3.28. The standard InChI is InChI=1S/C16H18ClN3O.ClH/c17-10-14(21)20-16(8-4-5-9-16)15-18-11-13(19-15)12-6-2-1-3-7-12;/h1-3,6-7,11H,4-5,8-10H2,(H,18,19)(H,20,21);1H. The predicted molar refractivity (Wildman–Crippen MR) is 90.3 cm³/mol. The number of benzene rings is 1. The Kier molecular flexibility index (Phi) is 5.48. The van der Waals surface area contributed by atoms with E-state index < -0.39 is 0 Å². The second-order valence-corrected chi connectivity index (χ2v) is 5.75. The molecule has 0 radical (unpaired) electrons. The van der Waals surface area contributed by atoms with Gasteiger partial charge in [-0.25, -0.2) is 4.98 Å². The number of carbonyl (C=O) groups excluding carboxylic acids is 1. The van der Waals surface area contributed by atoms with E-state index in [1.54, 1.807) is 0 Å². The molecule has 0 spiro atoms. The van der Waals surface area contributed by atoms with E-state index in [2.05, 4.69) is 15.3 Å². The average Bonchev–Trinajstić information content (AvgIpc) is 3.18. The highest BCUT2D eigenvalue weighted by Crippen LogP contribution is 2.38. The topological polar surface area (TPSA) is 57.8 Å². The van der Waals surface area contributed by atoms with Crippen molar-refractivity contribution in [2.24, 2.45) is 0 Å². The van der Waals surface area contributed by atoms with E-state index in [1.165, 1.54) is 0 Å². The molecule has 0 saturated heterocycles. The van der Waals surface area contributed by atoms with Gasteiger partial charge in [0.2, 0.25) is 5.91 Å². The van der Waals surface area contributed by atoms with E-state index in [0.717, 1.165) is 42.8 Å². The number of rotatable bonds is 4. The highest BCUT2D eigenvalue weighted by Gasteiger charge is 2.39. The van der Waals surface area contributed by atoms with Gasteiger partial charge in [0.25, 0.3) is 0 Å². The molecule has 0 bridgehead atoms. The molecule has 1 aliphatic carbocycles. The van der Waals surface area contributed by atoms with Crippen LogP contribution >= 0.6 is 24.0 Å². The third-order valence-corrected chi connectivity index (χ3v) is 4.31. The van der Waals surface area contributed by atoms with Crippen molar-refractivity contribution >= 4 is 29.9 Å². The molecule has 2 aromatic rings. The third-order valence-electron chi connectivity index (χ3n) is 4.07. The zero-order valence-corrected chi connectivity index (χ0v) is 13.7. The second-order valence-electron chi connectivity index (χ2n) is 5.48. The molecule has 1 aliphatic rings. The SMILES string of the molecule is Cl.O=C(CCl)NC1(c2ncc(-c3ccccc3)[nH]2)CCCC1. The van der Waals surface area contributed by atoms with Crippen LogP contribution in [-0.2, 0) is 10.3 Å². The lowest BCUT2D eigenvalue weighted by Crippen LogP contribution is -2.45. The molecule has 1 aromatic heterocycles. The molecule has 6 heteroatoms. The summed E-state index contributed by atoms with van der Waals surface area (Å²) in [5, 5.41) is 3.06. The van der Waals surface area contributed by atoms with Crippen molar-refractivity contribution in [1.29, 1.82) is 0 Å². The number of hydrogen-bond acceptors (Lipinski definition) is 2. The van der Waals surface area contributed by atoms with E-state index in [-0.39, 0.29) is 29.7 Å². The van der Waals surface area contributed by atoms with E-state index in [9.17, 15) is 4.79 Å². The minimum Gasteiger partial charge on any atom is -0.342 e. The molecule has 1 amide bonds. The number of aromatic amines is 1. The normalized spacial score (nSPS) is 16.0. The number of halogens is 2. The molecule has 4 nitrogen and oxygen atoms in total. The zero-order chi connectivity index (χ0) is 14.7. The Morgan fingerprint density at radius 3 is 2.59 bits per heavy atom. The Bertz CT molecular complexity index is 621. The number of amides is 1. The first kappa shape index (κ1) is 16.8. The summed E-state index contributed by atoms with van der Waals surface area (Å²) >= 11 is 5.64. The first-order chi connectivity index (χ1) is 10.2. The van der Waals surface area contributed by atoms with Crippen molar-refractivity contribution < 1.29 is 4.79 Å². The maximum absolute atomic E-state index is 11.7. The molecule has 1 saturated carbocycles. The van der Waals surface area contributed by atoms with Gasteiger partial charge in [0.05, 0.1) is 17.4 Å². The lowest BCUT2D eigenvalue weighted by Gasteiger charge is -2.28. The number of nitrogens with zero attached hydrogens (tertiary/aromatic N) is 1. The number of hydrogen-bond donors (Lipinski definition) is 2. The van der Waals surface area contributed by atoms with Crippen LogP contribution in [0.25, 0.3) is 11.3 Å². The van der Waals surface area contributed by atoms with Crippen LogP contribution in [0.3, 0.4) is 0 Å². The van der Waals surface area contributed by atoms with E-state index in [0.29, 0.717) is 0 Å². The number of H-pyrrole nitrogens is 1. The highest BCUT2D eigenvalue weighted by molar-refractivity contribution is 6.27. The van der Waals surface area contributed by atoms with Gasteiger partial charge in [-0.1, -0.05) is 43.2 Å². The van der Waals surface area contributed by atoms with Crippen LogP contribution < -0.4 is 5.32 Å². The van der Waals surface area contributed by atoms with Gasteiger partial charge in [0, 0.05) is 0 Å². The first-order valence-electron chi connectivity index (χ1n) is 7.21. The number of carbonyl (C=O) groups is 1. The Morgan fingerprint density at radius 1 is 1.27 bits per heavy atom. The van der Waals surface area contributed by atoms with Gasteiger partial charge in [0.1, 0.15) is 11.7 Å². The van der Waals surface area contributed by atoms with Crippen molar-refractivity contribution in [2.75, 3.05) is 5.88 Å². The summed E-state index contributed by atoms with van der Waals surface area (Å²) in [4.78, 5) is 19.6. The van der Waals surface area contributed by atoms with E-state index >= 15 is 0 Å². The zero-order valence-electron chi connectivity index (χ0n) is 12.1. The minimum absolute atomic E-state index is 0. The van der Waals surface area contributed by atoms with Crippen LogP contribution in [0.1, 0.15) is 31.5 Å². The fourth-order valence-corrected chi connectivity index (χ4v) is 3.10. The Balaban J connectivity index is 0.00000176. The van der Waals surface area contributed by atoms with Gasteiger partial charge >= 0.3 is 0 Å². The monoisotopic (exact) mass is 339 g/mol. The molecule has 1 aromatic carbocycles. The molecular formula is C16H19Cl2N3O. The lowest BCUT2D eigenvalue weighted by atomic mass is 9.96. The smallest absolute Gasteiger partial charge is 0.235 e. The van der Waals surface area contributed by atoms with Gasteiger partial charge in [-0.05, 0) is 18.4 Å². The van der Waals surface area contributed by atoms with Gasteiger partial charge in [-0.15, -0.1) is 24.0 Å². The van der Waals surface area contributed by atoms with Crippen LogP contribution in [-0.4, -0.2) is 21.8 Å². The van der Waals surface area contributed by atoms with Gasteiger partial charge in [-0.2, -0.15) is 0 Å². The molecule has 22 heavy (non-hydrogen) atoms. The molecule has 1 heterocycles. The number of imidazole rings is 1. The van der Waals surface area contributed by atoms with Crippen LogP contribution in [0.15, 0.2) is 36.5 Å². The maximum atomic E-state index is 11.7. The first-order valence-corrected chi connectivity index (χ1v) is 7.75. The largest absolute Gasteiger partial charge is 0.342 e. The fraction of sp³-hybridized carbons (Fsp3) is 0.375. The maximum Gasteiger partial charge on any atom is 0.235 e. The average molecular weight is 340 g/mol. The van der Waals surface area contributed by atoms with Crippen molar-refractivity contribution in [3.05, 3.63) is 42.4 Å². The summed E-state index contributed by atoms with van der Waals surface area (Å²) < 4.78 is 0. The molecular weight excluding hydrogens is 321 g/mol. The number of aromatic nitrogens is 2. The van der Waals surface area contributed by atoms with Crippen LogP contribution in [0, 0.1) is 0 Å². The summed E-state index contributed by atoms with van der Waals surface area (Å²) in [5.41, 5.74) is 1.67. The van der Waals surface area contributed by atoms with E-state index in [4.69, 9.17) is 11.6 Å². The molecule has 0 atom stereocenters. The Labute approximate surface area is 141 Å². The van der Waals surface area contributed by atoms with Gasteiger partial charge < -0.3 is 10.3 Å². The molecule has 0 unspecified atom stereocenters. The lowest BCUT2D eigenvalue weighted by molar-refractivity contribution is -0.120. The summed E-state index contributed by atoms with van der Waals surface area (Å²) in [5.74, 6) is 0.669. The Morgan fingerprint density at radius 2 is 1.95 bits per heavy atom. The summed E-state index contributed by atoms with van der Waals surface area (Å²) in [6.07, 6.45) is 5.81. The molecule has 3 rings (SSSR count). The summed E-state index contributed by atoms with van der Waals surface area (Å²) in [6.45, 7) is 0. The second kappa shape index (κ2) is 7.16. The quantitative estimate of drug-likeness (QED) is 0.835.